The van der Waals surface area contributed by atoms with Crippen LogP contribution in [-0.2, 0) is 6.18 Å². The Hall–Kier alpha value is -1.92. The molecule has 0 spiro atoms. The lowest BCUT2D eigenvalue weighted by Gasteiger charge is -2.10. The van der Waals surface area contributed by atoms with Crippen molar-refractivity contribution in [1.29, 1.82) is 0 Å². The van der Waals surface area contributed by atoms with E-state index in [-0.39, 0.29) is 6.29 Å². The normalized spacial score (nSPS) is 11.2. The standard InChI is InChI=1S/C9H5F4NO2/c10-7-5(8(14)16)1-4(3-15)2-6(7)9(11,12)13/h1-3H,(H2,14,16). The van der Waals surface area contributed by atoms with Crippen LogP contribution in [0.25, 0.3) is 0 Å². The summed E-state index contributed by atoms with van der Waals surface area (Å²) in [5.41, 5.74) is 1.57. The number of aldehydes is 1. The molecule has 7 heteroatoms. The van der Waals surface area contributed by atoms with E-state index < -0.39 is 34.6 Å². The van der Waals surface area contributed by atoms with Gasteiger partial charge in [-0.3, -0.25) is 9.59 Å². The van der Waals surface area contributed by atoms with Gasteiger partial charge in [0.05, 0.1) is 11.1 Å². The second-order valence-electron chi connectivity index (χ2n) is 2.91. The van der Waals surface area contributed by atoms with Crippen LogP contribution >= 0.6 is 0 Å². The van der Waals surface area contributed by atoms with Gasteiger partial charge >= 0.3 is 6.18 Å². The molecule has 2 N–H and O–H groups in total. The highest BCUT2D eigenvalue weighted by Crippen LogP contribution is 2.33. The van der Waals surface area contributed by atoms with E-state index in [1.165, 1.54) is 0 Å². The van der Waals surface area contributed by atoms with Gasteiger partial charge in [-0.25, -0.2) is 4.39 Å². The molecule has 1 rings (SSSR count). The molecule has 0 aromatic heterocycles. The summed E-state index contributed by atoms with van der Waals surface area (Å²) in [6.07, 6.45) is -4.92. The first kappa shape index (κ1) is 12.2. The van der Waals surface area contributed by atoms with Gasteiger partial charge in [0, 0.05) is 5.56 Å². The molecular weight excluding hydrogens is 230 g/mol. The van der Waals surface area contributed by atoms with E-state index in [0.717, 1.165) is 0 Å². The molecule has 1 aromatic rings. The fourth-order valence-electron chi connectivity index (χ4n) is 1.10. The van der Waals surface area contributed by atoms with Crippen LogP contribution in [0.3, 0.4) is 0 Å². The first-order chi connectivity index (χ1) is 7.27. The highest BCUT2D eigenvalue weighted by Gasteiger charge is 2.36. The van der Waals surface area contributed by atoms with Gasteiger partial charge in [0.15, 0.2) is 0 Å². The van der Waals surface area contributed by atoms with E-state index in [1.807, 2.05) is 0 Å². The molecule has 0 aliphatic carbocycles. The van der Waals surface area contributed by atoms with Crippen molar-refractivity contribution in [2.45, 2.75) is 6.18 Å². The first-order valence-corrected chi connectivity index (χ1v) is 3.93. The highest BCUT2D eigenvalue weighted by atomic mass is 19.4. The van der Waals surface area contributed by atoms with E-state index in [0.29, 0.717) is 12.1 Å². The Balaban J connectivity index is 3.56. The second-order valence-corrected chi connectivity index (χ2v) is 2.91. The Morgan fingerprint density at radius 2 is 1.88 bits per heavy atom. The molecule has 0 fully saturated rings. The SMILES string of the molecule is NC(=O)c1cc(C=O)cc(C(F)(F)F)c1F. The summed E-state index contributed by atoms with van der Waals surface area (Å²) in [6.45, 7) is 0. The van der Waals surface area contributed by atoms with E-state index in [9.17, 15) is 27.2 Å². The van der Waals surface area contributed by atoms with Crippen LogP contribution in [0.5, 0.6) is 0 Å². The van der Waals surface area contributed by atoms with Gasteiger partial charge in [-0.2, -0.15) is 13.2 Å². The minimum atomic E-state index is -4.99. The molecule has 0 radical (unpaired) electrons. The Morgan fingerprint density at radius 1 is 1.31 bits per heavy atom. The molecule has 0 aliphatic rings. The maximum Gasteiger partial charge on any atom is 0.419 e. The van der Waals surface area contributed by atoms with Gasteiger partial charge in [-0.15, -0.1) is 0 Å². The molecule has 0 heterocycles. The predicted octanol–water partition coefficient (Wildman–Crippen LogP) is 1.76. The molecule has 0 bridgehead atoms. The Bertz CT molecular complexity index is 454. The number of hydrogen-bond donors (Lipinski definition) is 1. The number of benzene rings is 1. The number of halogens is 4. The zero-order valence-corrected chi connectivity index (χ0v) is 7.64. The molecule has 0 atom stereocenters. The second kappa shape index (κ2) is 3.92. The third kappa shape index (κ3) is 2.18. The number of carbonyl (C=O) groups is 2. The van der Waals surface area contributed by atoms with Gasteiger partial charge in [0.2, 0.25) is 0 Å². The van der Waals surface area contributed by atoms with Crippen molar-refractivity contribution in [3.05, 3.63) is 34.6 Å². The van der Waals surface area contributed by atoms with Crippen LogP contribution in [0.15, 0.2) is 12.1 Å². The van der Waals surface area contributed by atoms with Crippen LogP contribution in [0.2, 0.25) is 0 Å². The molecule has 0 saturated carbocycles. The average Bonchev–Trinajstić information content (AvgIpc) is 2.15. The summed E-state index contributed by atoms with van der Waals surface area (Å²) >= 11 is 0. The molecule has 1 aromatic carbocycles. The number of nitrogens with two attached hydrogens (primary N) is 1. The van der Waals surface area contributed by atoms with Crippen molar-refractivity contribution in [2.24, 2.45) is 5.73 Å². The van der Waals surface area contributed by atoms with Crippen molar-refractivity contribution >= 4 is 12.2 Å². The zero-order chi connectivity index (χ0) is 12.5. The maximum absolute atomic E-state index is 13.2. The minimum Gasteiger partial charge on any atom is -0.366 e. The van der Waals surface area contributed by atoms with E-state index in [1.54, 1.807) is 0 Å². The summed E-state index contributed by atoms with van der Waals surface area (Å²) in [5.74, 6) is -3.14. The number of rotatable bonds is 2. The number of primary amides is 1. The predicted molar refractivity (Wildman–Crippen MR) is 45.3 cm³/mol. The lowest BCUT2D eigenvalue weighted by Crippen LogP contribution is -2.18. The molecule has 0 unspecified atom stereocenters. The van der Waals surface area contributed by atoms with Gasteiger partial charge in [0.1, 0.15) is 12.1 Å². The summed E-state index contributed by atoms with van der Waals surface area (Å²) in [5, 5.41) is 0. The molecule has 3 nitrogen and oxygen atoms in total. The van der Waals surface area contributed by atoms with Crippen LogP contribution in [-0.4, -0.2) is 12.2 Å². The van der Waals surface area contributed by atoms with Gasteiger partial charge in [-0.1, -0.05) is 0 Å². The van der Waals surface area contributed by atoms with Crippen LogP contribution in [0.4, 0.5) is 17.6 Å². The largest absolute Gasteiger partial charge is 0.419 e. The molecule has 0 saturated heterocycles. The quantitative estimate of drug-likeness (QED) is 0.627. The number of hydrogen-bond acceptors (Lipinski definition) is 2. The Kier molecular flexibility index (Phi) is 2.97. The van der Waals surface area contributed by atoms with Crippen molar-refractivity contribution in [3.63, 3.8) is 0 Å². The fourth-order valence-corrected chi connectivity index (χ4v) is 1.10. The van der Waals surface area contributed by atoms with Crippen LogP contribution in [0.1, 0.15) is 26.3 Å². The third-order valence-electron chi connectivity index (χ3n) is 1.80. The smallest absolute Gasteiger partial charge is 0.366 e. The Labute approximate surface area is 86.9 Å². The molecule has 86 valence electrons. The minimum absolute atomic E-state index is 0.0706. The number of carbonyl (C=O) groups excluding carboxylic acids is 2. The zero-order valence-electron chi connectivity index (χ0n) is 7.64. The summed E-state index contributed by atoms with van der Waals surface area (Å²) < 4.78 is 50.1. The lowest BCUT2D eigenvalue weighted by molar-refractivity contribution is -0.140. The van der Waals surface area contributed by atoms with Crippen LogP contribution < -0.4 is 5.73 Å². The van der Waals surface area contributed by atoms with E-state index in [4.69, 9.17) is 0 Å². The number of amides is 1. The molecular formula is C9H5F4NO2. The van der Waals surface area contributed by atoms with Gasteiger partial charge in [0.25, 0.3) is 5.91 Å². The summed E-state index contributed by atoms with van der Waals surface area (Å²) in [7, 11) is 0. The first-order valence-electron chi connectivity index (χ1n) is 3.93. The van der Waals surface area contributed by atoms with Gasteiger partial charge < -0.3 is 5.73 Å². The van der Waals surface area contributed by atoms with Crippen molar-refractivity contribution in [3.8, 4) is 0 Å². The fraction of sp³-hybridized carbons (Fsp3) is 0.111. The summed E-state index contributed by atoms with van der Waals surface area (Å²) in [6, 6.07) is 0.981. The maximum atomic E-state index is 13.2. The summed E-state index contributed by atoms with van der Waals surface area (Å²) in [4.78, 5) is 21.0. The van der Waals surface area contributed by atoms with Crippen molar-refractivity contribution in [1.82, 2.24) is 0 Å². The Morgan fingerprint density at radius 3 is 2.25 bits per heavy atom. The molecule has 0 aliphatic heterocycles. The van der Waals surface area contributed by atoms with Crippen molar-refractivity contribution in [2.75, 3.05) is 0 Å². The topological polar surface area (TPSA) is 60.2 Å². The van der Waals surface area contributed by atoms with Crippen LogP contribution in [0, 0.1) is 5.82 Å². The third-order valence-corrected chi connectivity index (χ3v) is 1.80. The van der Waals surface area contributed by atoms with E-state index >= 15 is 0 Å². The molecule has 1 amide bonds. The monoisotopic (exact) mass is 235 g/mol. The van der Waals surface area contributed by atoms with E-state index in [2.05, 4.69) is 5.73 Å². The highest BCUT2D eigenvalue weighted by molar-refractivity contribution is 5.95. The molecule has 16 heavy (non-hydrogen) atoms. The van der Waals surface area contributed by atoms with Gasteiger partial charge in [-0.05, 0) is 12.1 Å². The van der Waals surface area contributed by atoms with Crippen molar-refractivity contribution < 1.29 is 27.2 Å². The average molecular weight is 235 g/mol. The number of alkyl halides is 3. The lowest BCUT2D eigenvalue weighted by atomic mass is 10.0.